The number of hydrogen-bond acceptors (Lipinski definition) is 8. The van der Waals surface area contributed by atoms with Crippen molar-refractivity contribution >= 4 is 48.0 Å². The lowest BCUT2D eigenvalue weighted by Gasteiger charge is -2.32. The molecule has 1 fully saturated rings. The van der Waals surface area contributed by atoms with E-state index in [2.05, 4.69) is 10.2 Å². The maximum absolute atomic E-state index is 13.6. The molecule has 4 N–H and O–H groups in total. The third-order valence-corrected chi connectivity index (χ3v) is 9.28. The molecule has 0 heterocycles. The van der Waals surface area contributed by atoms with Gasteiger partial charge in [-0.3, -0.25) is 4.55 Å². The zero-order chi connectivity index (χ0) is 26.1. The van der Waals surface area contributed by atoms with Gasteiger partial charge in [-0.1, -0.05) is 44.4 Å². The molecule has 36 heavy (non-hydrogen) atoms. The highest BCUT2D eigenvalue weighted by Gasteiger charge is 2.32. The highest BCUT2D eigenvalue weighted by molar-refractivity contribution is 7.89. The summed E-state index contributed by atoms with van der Waals surface area (Å²) < 4.78 is 61.2. The van der Waals surface area contributed by atoms with Gasteiger partial charge in [0.15, 0.2) is 0 Å². The molecule has 0 radical (unpaired) electrons. The van der Waals surface area contributed by atoms with Crippen LogP contribution in [0.3, 0.4) is 0 Å². The third kappa shape index (κ3) is 5.07. The summed E-state index contributed by atoms with van der Waals surface area (Å²) in [6.07, 6.45) is 4.70. The molecule has 12 heteroatoms. The Morgan fingerprint density at radius 3 is 2.36 bits per heavy atom. The summed E-state index contributed by atoms with van der Waals surface area (Å²) in [4.78, 5) is -0.475. The van der Waals surface area contributed by atoms with Gasteiger partial charge in [0.25, 0.3) is 10.1 Å². The fourth-order valence-corrected chi connectivity index (χ4v) is 7.01. The van der Waals surface area contributed by atoms with Crippen molar-refractivity contribution in [3.8, 4) is 5.75 Å². The molecule has 0 unspecified atom stereocenters. The smallest absolute Gasteiger partial charge is 0.294 e. The normalized spacial score (nSPS) is 15.8. The number of phenols is 1. The first kappa shape index (κ1) is 26.0. The van der Waals surface area contributed by atoms with Crippen LogP contribution in [0.1, 0.15) is 39.0 Å². The Morgan fingerprint density at radius 2 is 1.69 bits per heavy atom. The number of benzene rings is 3. The van der Waals surface area contributed by atoms with Gasteiger partial charge in [0, 0.05) is 18.7 Å². The van der Waals surface area contributed by atoms with Gasteiger partial charge in [-0.2, -0.15) is 12.7 Å². The molecular formula is C24H28N4O6S2. The van der Waals surface area contributed by atoms with Gasteiger partial charge in [-0.15, -0.1) is 10.2 Å². The second-order valence-electron chi connectivity index (χ2n) is 8.69. The molecule has 0 atom stereocenters. The monoisotopic (exact) mass is 532 g/mol. The maximum atomic E-state index is 13.6. The summed E-state index contributed by atoms with van der Waals surface area (Å²) in [6.45, 7) is 2.15. The van der Waals surface area contributed by atoms with Gasteiger partial charge in [-0.25, -0.2) is 8.42 Å². The second kappa shape index (κ2) is 10.1. The van der Waals surface area contributed by atoms with Crippen LogP contribution in [-0.2, 0) is 20.1 Å². The zero-order valence-electron chi connectivity index (χ0n) is 19.7. The Morgan fingerprint density at radius 1 is 1.00 bits per heavy atom. The number of fused-ring (bicyclic) bond motifs is 1. The van der Waals surface area contributed by atoms with Crippen molar-refractivity contribution < 1.29 is 26.5 Å². The van der Waals surface area contributed by atoms with E-state index in [0.717, 1.165) is 38.2 Å². The average Bonchev–Trinajstić information content (AvgIpc) is 2.84. The van der Waals surface area contributed by atoms with Crippen molar-refractivity contribution in [1.29, 1.82) is 0 Å². The average molecular weight is 533 g/mol. The Labute approximate surface area is 210 Å². The van der Waals surface area contributed by atoms with Crippen LogP contribution >= 0.6 is 0 Å². The molecule has 1 aliphatic rings. The Hall–Kier alpha value is -3.06. The first-order valence-electron chi connectivity index (χ1n) is 11.6. The lowest BCUT2D eigenvalue weighted by Crippen LogP contribution is -2.41. The number of rotatable bonds is 7. The van der Waals surface area contributed by atoms with Crippen LogP contribution < -0.4 is 5.73 Å². The number of nitrogens with two attached hydrogens (primary N) is 1. The quantitative estimate of drug-likeness (QED) is 0.216. The van der Waals surface area contributed by atoms with Crippen LogP contribution in [-0.4, -0.2) is 43.4 Å². The maximum Gasteiger partial charge on any atom is 0.294 e. The van der Waals surface area contributed by atoms with Crippen molar-refractivity contribution in [2.24, 2.45) is 10.2 Å². The molecular weight excluding hydrogens is 504 g/mol. The van der Waals surface area contributed by atoms with Crippen LogP contribution in [0.4, 0.5) is 17.1 Å². The standard InChI is InChI=1S/C24H28N4O6S2/c1-2-28(17-8-4-3-5-9-17)35(30,31)22-11-7-6-10-20(22)26-27-24-19(25)13-12-16-14-18(36(32,33)34)15-21(29)23(16)24/h6-7,10-15,17,29H,2-5,8-9,25H2,1H3,(H,32,33,34)/b27-26+. The van der Waals surface area contributed by atoms with E-state index in [-0.39, 0.29) is 38.8 Å². The Kier molecular flexibility index (Phi) is 7.32. The molecule has 192 valence electrons. The summed E-state index contributed by atoms with van der Waals surface area (Å²) in [7, 11) is -8.42. The van der Waals surface area contributed by atoms with Crippen LogP contribution in [0.25, 0.3) is 10.8 Å². The lowest BCUT2D eigenvalue weighted by atomic mass is 9.95. The van der Waals surface area contributed by atoms with E-state index in [1.807, 2.05) is 6.92 Å². The molecule has 0 spiro atoms. The summed E-state index contributed by atoms with van der Waals surface area (Å²) in [5, 5.41) is 19.2. The lowest BCUT2D eigenvalue weighted by molar-refractivity contribution is 0.261. The molecule has 1 saturated carbocycles. The van der Waals surface area contributed by atoms with E-state index in [1.54, 1.807) is 12.1 Å². The van der Waals surface area contributed by atoms with E-state index in [0.29, 0.717) is 6.54 Å². The molecule has 0 saturated heterocycles. The van der Waals surface area contributed by atoms with Gasteiger partial charge >= 0.3 is 0 Å². The number of anilines is 1. The predicted octanol–water partition coefficient (Wildman–Crippen LogP) is 5.13. The van der Waals surface area contributed by atoms with Crippen molar-refractivity contribution in [1.82, 2.24) is 4.31 Å². The van der Waals surface area contributed by atoms with Crippen LogP contribution in [0.15, 0.2) is 68.6 Å². The number of aromatic hydroxyl groups is 1. The summed E-state index contributed by atoms with van der Waals surface area (Å²) in [5.74, 6) is -0.475. The van der Waals surface area contributed by atoms with Gasteiger partial charge in [-0.05, 0) is 42.5 Å². The minimum absolute atomic E-state index is 0.0119. The first-order chi connectivity index (χ1) is 17.0. The number of azo groups is 1. The van der Waals surface area contributed by atoms with E-state index >= 15 is 0 Å². The van der Waals surface area contributed by atoms with Gasteiger partial charge in [0.1, 0.15) is 22.0 Å². The van der Waals surface area contributed by atoms with E-state index in [1.165, 1.54) is 34.6 Å². The summed E-state index contributed by atoms with van der Waals surface area (Å²) in [6, 6.07) is 11.2. The first-order valence-corrected chi connectivity index (χ1v) is 14.5. The largest absolute Gasteiger partial charge is 0.507 e. The molecule has 3 aromatic carbocycles. The summed E-state index contributed by atoms with van der Waals surface area (Å²) in [5.41, 5.74) is 6.36. The van der Waals surface area contributed by atoms with E-state index in [4.69, 9.17) is 5.73 Å². The van der Waals surface area contributed by atoms with E-state index in [9.17, 15) is 26.5 Å². The van der Waals surface area contributed by atoms with Crippen LogP contribution in [0.2, 0.25) is 0 Å². The van der Waals surface area contributed by atoms with Gasteiger partial charge < -0.3 is 10.8 Å². The molecule has 10 nitrogen and oxygen atoms in total. The number of sulfonamides is 1. The predicted molar refractivity (Wildman–Crippen MR) is 137 cm³/mol. The second-order valence-corrected chi connectivity index (χ2v) is 12.0. The van der Waals surface area contributed by atoms with Gasteiger partial charge in [0.05, 0.1) is 16.0 Å². The SMILES string of the molecule is CCN(C1CCCCC1)S(=O)(=O)c1ccccc1/N=N/c1c(N)ccc2cc(S(=O)(=O)O)cc(O)c12. The van der Waals surface area contributed by atoms with Crippen LogP contribution in [0.5, 0.6) is 5.75 Å². The van der Waals surface area contributed by atoms with E-state index < -0.39 is 30.8 Å². The number of phenolic OH excluding ortho intramolecular Hbond substituents is 1. The number of hydrogen-bond donors (Lipinski definition) is 3. The molecule has 0 aliphatic heterocycles. The minimum atomic E-state index is -4.55. The Balaban J connectivity index is 1.79. The van der Waals surface area contributed by atoms with Crippen molar-refractivity contribution in [3.63, 3.8) is 0 Å². The summed E-state index contributed by atoms with van der Waals surface area (Å²) >= 11 is 0. The topological polar surface area (TPSA) is 163 Å². The molecule has 0 aromatic heterocycles. The van der Waals surface area contributed by atoms with Crippen molar-refractivity contribution in [2.75, 3.05) is 12.3 Å². The molecule has 3 aromatic rings. The fraction of sp³-hybridized carbons (Fsp3) is 0.333. The van der Waals surface area contributed by atoms with Crippen molar-refractivity contribution in [3.05, 3.63) is 48.5 Å². The number of nitrogens with zero attached hydrogens (tertiary/aromatic N) is 3. The van der Waals surface area contributed by atoms with Crippen molar-refractivity contribution in [2.45, 2.75) is 54.9 Å². The van der Waals surface area contributed by atoms with Crippen LogP contribution in [0, 0.1) is 0 Å². The minimum Gasteiger partial charge on any atom is -0.507 e. The molecule has 4 rings (SSSR count). The molecule has 0 bridgehead atoms. The molecule has 0 amide bonds. The third-order valence-electron chi connectivity index (χ3n) is 6.38. The number of nitrogen functional groups attached to an aromatic ring is 1. The fourth-order valence-electron chi connectivity index (χ4n) is 4.65. The van der Waals surface area contributed by atoms with Gasteiger partial charge in [0.2, 0.25) is 10.0 Å². The highest BCUT2D eigenvalue weighted by atomic mass is 32.2. The molecule has 1 aliphatic carbocycles. The Bertz CT molecular complexity index is 1530. The highest BCUT2D eigenvalue weighted by Crippen LogP contribution is 2.41. The zero-order valence-corrected chi connectivity index (χ0v) is 21.3.